The van der Waals surface area contributed by atoms with E-state index in [2.05, 4.69) is 15.4 Å². The maximum Gasteiger partial charge on any atom is 0.243 e. The smallest absolute Gasteiger partial charge is 0.243 e. The van der Waals surface area contributed by atoms with Crippen LogP contribution < -0.4 is 5.32 Å². The molecule has 0 unspecified atom stereocenters. The van der Waals surface area contributed by atoms with Gasteiger partial charge in [0.1, 0.15) is 0 Å². The predicted octanol–water partition coefficient (Wildman–Crippen LogP) is 6.69. The third-order valence-corrected chi connectivity index (χ3v) is 6.95. The van der Waals surface area contributed by atoms with Gasteiger partial charge in [-0.25, -0.2) is 4.68 Å². The summed E-state index contributed by atoms with van der Waals surface area (Å²) in [5, 5.41) is 8.93. The number of halogens is 2. The second-order valence-corrected chi connectivity index (χ2v) is 9.57. The number of hydrogen-bond acceptors (Lipinski definition) is 4. The van der Waals surface area contributed by atoms with Gasteiger partial charge in [-0.05, 0) is 65.5 Å². The Morgan fingerprint density at radius 2 is 1.84 bits per heavy atom. The molecule has 1 fully saturated rings. The van der Waals surface area contributed by atoms with Crippen LogP contribution in [-0.4, -0.2) is 20.7 Å². The number of amides is 1. The number of benzene rings is 2. The van der Waals surface area contributed by atoms with Crippen molar-refractivity contribution in [1.29, 1.82) is 0 Å². The summed E-state index contributed by atoms with van der Waals surface area (Å²) in [4.78, 5) is 17.8. The number of carbonyl (C=O) groups excluding carboxylic acids is 1. The van der Waals surface area contributed by atoms with E-state index in [-0.39, 0.29) is 11.2 Å². The van der Waals surface area contributed by atoms with Gasteiger partial charge in [-0.3, -0.25) is 4.79 Å². The summed E-state index contributed by atoms with van der Waals surface area (Å²) in [6, 6.07) is 15.3. The average Bonchev–Trinajstić information content (AvgIpc) is 3.39. The minimum Gasteiger partial charge on any atom is -0.325 e. The number of para-hydroxylation sites is 1. The molecule has 1 aliphatic rings. The fraction of sp³-hybridized carbons (Fsp3) is 0.348. The van der Waals surface area contributed by atoms with Gasteiger partial charge >= 0.3 is 0 Å². The van der Waals surface area contributed by atoms with Gasteiger partial charge in [0.2, 0.25) is 11.2 Å². The zero-order valence-electron chi connectivity index (χ0n) is 17.1. The Labute approximate surface area is 196 Å². The Balaban J connectivity index is 1.44. The first-order valence-electron chi connectivity index (χ1n) is 10.5. The number of nitrogens with zero attached hydrogens (tertiary/aromatic N) is 3. The molecule has 162 valence electrons. The number of aromatic nitrogens is 3. The first kappa shape index (κ1) is 22.2. The van der Waals surface area contributed by atoms with E-state index in [0.717, 1.165) is 22.6 Å². The number of hydrogen-bond donors (Lipinski definition) is 1. The highest BCUT2D eigenvalue weighted by Crippen LogP contribution is 2.34. The van der Waals surface area contributed by atoms with Crippen LogP contribution in [-0.2, 0) is 11.3 Å². The lowest BCUT2D eigenvalue weighted by atomic mass is 10.0. The van der Waals surface area contributed by atoms with Crippen molar-refractivity contribution in [3.8, 4) is 0 Å². The lowest BCUT2D eigenvalue weighted by Crippen LogP contribution is -2.13. The van der Waals surface area contributed by atoms with Crippen molar-refractivity contribution in [1.82, 2.24) is 14.8 Å². The van der Waals surface area contributed by atoms with Crippen molar-refractivity contribution in [2.45, 2.75) is 55.1 Å². The van der Waals surface area contributed by atoms with Crippen LogP contribution in [0, 0.1) is 5.92 Å². The molecule has 31 heavy (non-hydrogen) atoms. The van der Waals surface area contributed by atoms with Crippen LogP contribution in [0.2, 0.25) is 10.3 Å². The number of anilines is 1. The summed E-state index contributed by atoms with van der Waals surface area (Å²) in [6.07, 6.45) is 6.62. The maximum atomic E-state index is 12.5. The molecular formula is C23H24Cl2N4OS. The molecule has 3 aromatic rings. The van der Waals surface area contributed by atoms with Gasteiger partial charge in [-0.1, -0.05) is 61.5 Å². The molecule has 0 bridgehead atoms. The SMILES string of the molecule is O=C(CCC1CCCC1)Nc1ccccc1Sc1nc(Cl)nn1Cc1ccc(Cl)cc1. The fourth-order valence-corrected chi connectivity index (χ4v) is 5.11. The van der Waals surface area contributed by atoms with Gasteiger partial charge in [-0.15, -0.1) is 5.10 Å². The minimum atomic E-state index is 0.0561. The molecule has 0 radical (unpaired) electrons. The summed E-state index contributed by atoms with van der Waals surface area (Å²) in [6.45, 7) is 0.523. The van der Waals surface area contributed by atoms with Gasteiger partial charge < -0.3 is 5.32 Å². The van der Waals surface area contributed by atoms with Crippen LogP contribution in [0.1, 0.15) is 44.1 Å². The molecule has 1 aliphatic carbocycles. The zero-order valence-corrected chi connectivity index (χ0v) is 19.4. The Morgan fingerprint density at radius 3 is 2.61 bits per heavy atom. The van der Waals surface area contributed by atoms with E-state index in [9.17, 15) is 4.79 Å². The Hall–Kier alpha value is -2.02. The second kappa shape index (κ2) is 10.5. The Bertz CT molecular complexity index is 1030. The van der Waals surface area contributed by atoms with Crippen molar-refractivity contribution in [3.05, 3.63) is 64.4 Å². The van der Waals surface area contributed by atoms with Crippen molar-refractivity contribution in [2.75, 3.05) is 5.32 Å². The van der Waals surface area contributed by atoms with E-state index < -0.39 is 0 Å². The maximum absolute atomic E-state index is 12.5. The monoisotopic (exact) mass is 474 g/mol. The van der Waals surface area contributed by atoms with E-state index in [1.54, 1.807) is 4.68 Å². The molecule has 0 atom stereocenters. The van der Waals surface area contributed by atoms with Gasteiger partial charge in [0, 0.05) is 16.3 Å². The lowest BCUT2D eigenvalue weighted by Gasteiger charge is -2.12. The molecule has 2 aromatic carbocycles. The molecule has 1 heterocycles. The molecule has 1 N–H and O–H groups in total. The first-order chi connectivity index (χ1) is 15.1. The number of rotatable bonds is 8. The van der Waals surface area contributed by atoms with E-state index in [1.165, 1.54) is 37.4 Å². The quantitative estimate of drug-likeness (QED) is 0.394. The molecule has 8 heteroatoms. The largest absolute Gasteiger partial charge is 0.325 e. The molecule has 0 spiro atoms. The molecule has 0 saturated heterocycles. The molecule has 4 rings (SSSR count). The van der Waals surface area contributed by atoms with Crippen molar-refractivity contribution in [3.63, 3.8) is 0 Å². The van der Waals surface area contributed by atoms with Crippen LogP contribution in [0.25, 0.3) is 0 Å². The summed E-state index contributed by atoms with van der Waals surface area (Å²) >= 11 is 13.5. The van der Waals surface area contributed by atoms with E-state index >= 15 is 0 Å². The van der Waals surface area contributed by atoms with Gasteiger partial charge in [0.25, 0.3) is 0 Å². The summed E-state index contributed by atoms with van der Waals surface area (Å²) < 4.78 is 1.76. The van der Waals surface area contributed by atoms with Gasteiger partial charge in [-0.2, -0.15) is 4.98 Å². The molecule has 0 aliphatic heterocycles. The van der Waals surface area contributed by atoms with Gasteiger partial charge in [0.15, 0.2) is 5.16 Å². The Morgan fingerprint density at radius 1 is 1.10 bits per heavy atom. The highest BCUT2D eigenvalue weighted by Gasteiger charge is 2.18. The number of carbonyl (C=O) groups is 1. The van der Waals surface area contributed by atoms with E-state index in [1.807, 2.05) is 48.5 Å². The van der Waals surface area contributed by atoms with E-state index in [4.69, 9.17) is 23.2 Å². The van der Waals surface area contributed by atoms with Gasteiger partial charge in [0.05, 0.1) is 12.2 Å². The number of nitrogens with one attached hydrogen (secondary N) is 1. The van der Waals surface area contributed by atoms with Crippen molar-refractivity contribution >= 4 is 46.6 Å². The third kappa shape index (κ3) is 6.25. The molecule has 1 amide bonds. The molecular weight excluding hydrogens is 451 g/mol. The van der Waals surface area contributed by atoms with Crippen molar-refractivity contribution < 1.29 is 4.79 Å². The topological polar surface area (TPSA) is 59.8 Å². The van der Waals surface area contributed by atoms with Crippen LogP contribution in [0.5, 0.6) is 0 Å². The minimum absolute atomic E-state index is 0.0561. The highest BCUT2D eigenvalue weighted by molar-refractivity contribution is 7.99. The van der Waals surface area contributed by atoms with E-state index in [0.29, 0.717) is 29.1 Å². The average molecular weight is 475 g/mol. The lowest BCUT2D eigenvalue weighted by molar-refractivity contribution is -0.116. The third-order valence-electron chi connectivity index (χ3n) is 5.47. The summed E-state index contributed by atoms with van der Waals surface area (Å²) in [5.74, 6) is 0.754. The zero-order chi connectivity index (χ0) is 21.6. The Kier molecular flexibility index (Phi) is 7.54. The van der Waals surface area contributed by atoms with Crippen LogP contribution >= 0.6 is 35.0 Å². The fourth-order valence-electron chi connectivity index (χ4n) is 3.85. The first-order valence-corrected chi connectivity index (χ1v) is 12.1. The van der Waals surface area contributed by atoms with Crippen LogP contribution in [0.15, 0.2) is 58.6 Å². The molecule has 1 aromatic heterocycles. The summed E-state index contributed by atoms with van der Waals surface area (Å²) in [5.41, 5.74) is 1.82. The van der Waals surface area contributed by atoms with Crippen molar-refractivity contribution in [2.24, 2.45) is 5.92 Å². The molecule has 1 saturated carbocycles. The second-order valence-electron chi connectivity index (χ2n) is 7.78. The van der Waals surface area contributed by atoms with Crippen LogP contribution in [0.4, 0.5) is 5.69 Å². The predicted molar refractivity (Wildman–Crippen MR) is 126 cm³/mol. The summed E-state index contributed by atoms with van der Waals surface area (Å²) in [7, 11) is 0. The highest BCUT2D eigenvalue weighted by atomic mass is 35.5. The van der Waals surface area contributed by atoms with Crippen LogP contribution in [0.3, 0.4) is 0 Å². The standard InChI is InChI=1S/C23H24Cl2N4OS/c24-18-12-9-17(10-13-18)15-29-23(27-22(25)28-29)31-20-8-4-3-7-19(20)26-21(30)14-11-16-5-1-2-6-16/h3-4,7-10,12-13,16H,1-2,5-6,11,14-15H2,(H,26,30). The molecule has 5 nitrogen and oxygen atoms in total. The normalized spacial score (nSPS) is 14.1.